The molecule has 0 atom stereocenters. The number of aliphatic hydroxyl groups is 1. The van der Waals surface area contributed by atoms with Crippen molar-refractivity contribution in [3.05, 3.63) is 40.8 Å². The third-order valence-corrected chi connectivity index (χ3v) is 2.66. The largest absolute Gasteiger partial charge is 0.395 e. The molecule has 0 aliphatic rings. The molecule has 0 spiro atoms. The number of rotatable bonds is 4. The Bertz CT molecular complexity index is 291. The molecule has 0 heterocycles. The van der Waals surface area contributed by atoms with Gasteiger partial charge >= 0.3 is 0 Å². The van der Waals surface area contributed by atoms with Gasteiger partial charge in [0.1, 0.15) is 0 Å². The van der Waals surface area contributed by atoms with E-state index < -0.39 is 0 Å². The molecule has 1 aromatic rings. The molecule has 0 amide bonds. The first kappa shape index (κ1) is 11.3. The zero-order valence-electron chi connectivity index (χ0n) is 9.30. The summed E-state index contributed by atoms with van der Waals surface area (Å²) in [5.74, 6) is 1.06. The second kappa shape index (κ2) is 5.16. The molecule has 1 nitrogen and oxygen atoms in total. The molecule has 1 rings (SSSR count). The van der Waals surface area contributed by atoms with Crippen LogP contribution in [0.1, 0.15) is 37.0 Å². The van der Waals surface area contributed by atoms with Crippen LogP contribution in [-0.2, 0) is 6.42 Å². The van der Waals surface area contributed by atoms with Gasteiger partial charge < -0.3 is 5.11 Å². The van der Waals surface area contributed by atoms with E-state index in [0.29, 0.717) is 0 Å². The first-order valence-electron chi connectivity index (χ1n) is 5.22. The van der Waals surface area contributed by atoms with Gasteiger partial charge in [-0.2, -0.15) is 0 Å². The van der Waals surface area contributed by atoms with Crippen LogP contribution in [0.5, 0.6) is 0 Å². The van der Waals surface area contributed by atoms with Crippen molar-refractivity contribution in [2.24, 2.45) is 0 Å². The number of aryl methyl sites for hydroxylation is 1. The van der Waals surface area contributed by atoms with E-state index in [1.54, 1.807) is 0 Å². The number of hydrogen-bond donors (Lipinski definition) is 1. The van der Waals surface area contributed by atoms with Gasteiger partial charge in [0.2, 0.25) is 0 Å². The molecular weight excluding hydrogens is 172 g/mol. The van der Waals surface area contributed by atoms with Crippen molar-refractivity contribution in [3.8, 4) is 0 Å². The normalized spacial score (nSPS) is 10.9. The van der Waals surface area contributed by atoms with Gasteiger partial charge in [0, 0.05) is 5.92 Å². The van der Waals surface area contributed by atoms with E-state index in [9.17, 15) is 0 Å². The van der Waals surface area contributed by atoms with E-state index in [4.69, 9.17) is 5.11 Å². The van der Waals surface area contributed by atoms with Crippen LogP contribution < -0.4 is 0 Å². The molecule has 1 N–H and O–H groups in total. The van der Waals surface area contributed by atoms with E-state index in [1.807, 2.05) is 6.92 Å². The van der Waals surface area contributed by atoms with Gasteiger partial charge in [-0.25, -0.2) is 0 Å². The third-order valence-electron chi connectivity index (χ3n) is 2.66. The van der Waals surface area contributed by atoms with Crippen LogP contribution in [0, 0.1) is 12.8 Å². The number of benzene rings is 1. The molecule has 0 saturated heterocycles. The molecule has 14 heavy (non-hydrogen) atoms. The van der Waals surface area contributed by atoms with Gasteiger partial charge in [-0.15, -0.1) is 0 Å². The molecule has 0 aliphatic carbocycles. The third kappa shape index (κ3) is 2.36. The van der Waals surface area contributed by atoms with Crippen LogP contribution in [0.4, 0.5) is 0 Å². The summed E-state index contributed by atoms with van der Waals surface area (Å²) < 4.78 is 0. The van der Waals surface area contributed by atoms with Crippen molar-refractivity contribution >= 4 is 0 Å². The molecule has 0 aromatic heterocycles. The molecule has 1 heteroatoms. The van der Waals surface area contributed by atoms with Gasteiger partial charge in [0.05, 0.1) is 6.61 Å². The second-order valence-electron chi connectivity index (χ2n) is 3.78. The monoisotopic (exact) mass is 191 g/mol. The van der Waals surface area contributed by atoms with Gasteiger partial charge in [-0.3, -0.25) is 0 Å². The summed E-state index contributed by atoms with van der Waals surface area (Å²) in [6.45, 7) is 6.46. The SMILES string of the molecule is CCCc1cccc([C](C)CO)c1C. The first-order chi connectivity index (χ1) is 6.70. The highest BCUT2D eigenvalue weighted by Gasteiger charge is 2.09. The lowest BCUT2D eigenvalue weighted by Gasteiger charge is -2.14. The maximum atomic E-state index is 9.10. The first-order valence-corrected chi connectivity index (χ1v) is 5.22. The van der Waals surface area contributed by atoms with Crippen molar-refractivity contribution in [1.82, 2.24) is 0 Å². The summed E-state index contributed by atoms with van der Waals surface area (Å²) >= 11 is 0. The van der Waals surface area contributed by atoms with Crippen LogP contribution >= 0.6 is 0 Å². The summed E-state index contributed by atoms with van der Waals surface area (Å²) in [6, 6.07) is 6.33. The van der Waals surface area contributed by atoms with Gasteiger partial charge in [-0.1, -0.05) is 38.5 Å². The van der Waals surface area contributed by atoms with Gasteiger partial charge in [0.25, 0.3) is 0 Å². The zero-order chi connectivity index (χ0) is 10.6. The summed E-state index contributed by atoms with van der Waals surface area (Å²) in [7, 11) is 0. The minimum absolute atomic E-state index is 0.149. The van der Waals surface area contributed by atoms with Crippen molar-refractivity contribution in [3.63, 3.8) is 0 Å². The highest BCUT2D eigenvalue weighted by Crippen LogP contribution is 2.22. The maximum absolute atomic E-state index is 9.10. The van der Waals surface area contributed by atoms with Crippen LogP contribution in [0.2, 0.25) is 0 Å². The molecular formula is C13H19O. The fourth-order valence-electron chi connectivity index (χ4n) is 1.77. The molecule has 0 aliphatic heterocycles. The Balaban J connectivity index is 3.00. The van der Waals surface area contributed by atoms with Crippen LogP contribution in [0.3, 0.4) is 0 Å². The lowest BCUT2D eigenvalue weighted by atomic mass is 9.92. The number of hydrogen-bond acceptors (Lipinski definition) is 1. The minimum atomic E-state index is 0.149. The standard InChI is InChI=1S/C13H19O/c1-4-6-12-7-5-8-13(11(12)3)10(2)9-14/h5,7-8,14H,4,6,9H2,1-3H3. The van der Waals surface area contributed by atoms with E-state index in [0.717, 1.165) is 12.3 Å². The molecule has 0 unspecified atom stereocenters. The Hall–Kier alpha value is -0.820. The Morgan fingerprint density at radius 1 is 1.36 bits per heavy atom. The predicted octanol–water partition coefficient (Wildman–Crippen LogP) is 2.88. The summed E-state index contributed by atoms with van der Waals surface area (Å²) in [4.78, 5) is 0. The average molecular weight is 191 g/mol. The smallest absolute Gasteiger partial charge is 0.0534 e. The topological polar surface area (TPSA) is 20.2 Å². The predicted molar refractivity (Wildman–Crippen MR) is 60.3 cm³/mol. The second-order valence-corrected chi connectivity index (χ2v) is 3.78. The molecule has 0 bridgehead atoms. The van der Waals surface area contributed by atoms with Crippen molar-refractivity contribution < 1.29 is 5.11 Å². The fraction of sp³-hybridized carbons (Fsp3) is 0.462. The molecule has 0 fully saturated rings. The van der Waals surface area contributed by atoms with Gasteiger partial charge in [0.15, 0.2) is 0 Å². The Morgan fingerprint density at radius 2 is 2.07 bits per heavy atom. The van der Waals surface area contributed by atoms with Crippen LogP contribution in [-0.4, -0.2) is 11.7 Å². The quantitative estimate of drug-likeness (QED) is 0.776. The Morgan fingerprint density at radius 3 is 2.64 bits per heavy atom. The van der Waals surface area contributed by atoms with Crippen molar-refractivity contribution in [2.75, 3.05) is 6.61 Å². The van der Waals surface area contributed by atoms with E-state index >= 15 is 0 Å². The lowest BCUT2D eigenvalue weighted by molar-refractivity contribution is 0.314. The van der Waals surface area contributed by atoms with Crippen molar-refractivity contribution in [2.45, 2.75) is 33.6 Å². The highest BCUT2D eigenvalue weighted by atomic mass is 16.3. The van der Waals surface area contributed by atoms with E-state index in [2.05, 4.69) is 32.0 Å². The average Bonchev–Trinajstić information content (AvgIpc) is 2.20. The van der Waals surface area contributed by atoms with E-state index in [1.165, 1.54) is 23.1 Å². The van der Waals surface area contributed by atoms with Crippen LogP contribution in [0.25, 0.3) is 0 Å². The van der Waals surface area contributed by atoms with E-state index in [-0.39, 0.29) is 6.61 Å². The summed E-state index contributed by atoms with van der Waals surface area (Å²) in [5, 5.41) is 9.10. The van der Waals surface area contributed by atoms with Crippen LogP contribution in [0.15, 0.2) is 18.2 Å². The van der Waals surface area contributed by atoms with Crippen molar-refractivity contribution in [1.29, 1.82) is 0 Å². The fourth-order valence-corrected chi connectivity index (χ4v) is 1.77. The maximum Gasteiger partial charge on any atom is 0.0534 e. The molecule has 1 radical (unpaired) electrons. The molecule has 77 valence electrons. The lowest BCUT2D eigenvalue weighted by Crippen LogP contribution is -2.04. The highest BCUT2D eigenvalue weighted by molar-refractivity contribution is 5.42. The van der Waals surface area contributed by atoms with Gasteiger partial charge in [-0.05, 0) is 30.0 Å². The molecule has 1 aromatic carbocycles. The number of aliphatic hydroxyl groups excluding tert-OH is 1. The minimum Gasteiger partial charge on any atom is -0.395 e. The Kier molecular flexibility index (Phi) is 4.15. The Labute approximate surface area is 86.8 Å². The molecule has 0 saturated carbocycles. The summed E-state index contributed by atoms with van der Waals surface area (Å²) in [6.07, 6.45) is 2.29. The zero-order valence-corrected chi connectivity index (χ0v) is 9.30. The summed E-state index contributed by atoms with van der Waals surface area (Å²) in [5.41, 5.74) is 3.93.